The Labute approximate surface area is 101 Å². The lowest BCUT2D eigenvalue weighted by Gasteiger charge is -2.22. The second-order valence-electron chi connectivity index (χ2n) is 4.07. The molecule has 1 saturated heterocycles. The Morgan fingerprint density at radius 3 is 2.13 bits per heavy atom. The summed E-state index contributed by atoms with van der Waals surface area (Å²) in [6, 6.07) is 0. The zero-order valence-electron chi connectivity index (χ0n) is 10.3. The number of hydrogen-bond acceptors (Lipinski definition) is 1. The number of halogens is 1. The van der Waals surface area contributed by atoms with Crippen molar-refractivity contribution < 1.29 is 17.1 Å². The first kappa shape index (κ1) is 15.3. The van der Waals surface area contributed by atoms with Crippen molar-refractivity contribution in [1.82, 2.24) is 0 Å². The van der Waals surface area contributed by atoms with E-state index in [1.165, 1.54) is 43.5 Å². The van der Waals surface area contributed by atoms with E-state index in [0.29, 0.717) is 0 Å². The van der Waals surface area contributed by atoms with E-state index in [1.807, 2.05) is 0 Å². The zero-order chi connectivity index (χ0) is 10.4. The van der Waals surface area contributed by atoms with E-state index in [1.54, 1.807) is 0 Å². The molecule has 0 N–H and O–H groups in total. The quantitative estimate of drug-likeness (QED) is 0.680. The molecule has 0 aliphatic carbocycles. The lowest BCUT2D eigenvalue weighted by atomic mass is 10.2. The van der Waals surface area contributed by atoms with E-state index in [-0.39, 0.29) is 12.4 Å². The molecule has 1 nitrogen and oxygen atoms in total. The highest BCUT2D eigenvalue weighted by Gasteiger charge is 2.30. The van der Waals surface area contributed by atoms with Gasteiger partial charge in [0.2, 0.25) is 0 Å². The normalized spacial score (nSPS) is 19.5. The van der Waals surface area contributed by atoms with Crippen LogP contribution in [0.1, 0.15) is 40.0 Å². The summed E-state index contributed by atoms with van der Waals surface area (Å²) in [5.41, 5.74) is 0. The number of allylic oxidation sites excluding steroid dienone is 1. The predicted molar refractivity (Wildman–Crippen MR) is 66.4 cm³/mol. The van der Waals surface area contributed by atoms with Gasteiger partial charge < -0.3 is 17.1 Å². The van der Waals surface area contributed by atoms with Crippen molar-refractivity contribution in [1.29, 1.82) is 0 Å². The molecule has 0 aromatic carbocycles. The molecule has 0 aromatic rings. The standard InChI is InChI=1S/C12H24OP.ClH/c1-4-14(5-2,6-3)11-12-9-7-8-10-13-12;/h11H,4-10H2,1-3H3;1H/q+1;/p-1/b12-11-;. The average molecular weight is 251 g/mol. The van der Waals surface area contributed by atoms with Crippen LogP contribution in [-0.2, 0) is 4.74 Å². The second-order valence-corrected chi connectivity index (χ2v) is 8.66. The Kier molecular flexibility index (Phi) is 7.65. The van der Waals surface area contributed by atoms with E-state index in [2.05, 4.69) is 26.6 Å². The smallest absolute Gasteiger partial charge is 0.130 e. The largest absolute Gasteiger partial charge is 1.00 e. The Balaban J connectivity index is 0.00000196. The van der Waals surface area contributed by atoms with Gasteiger partial charge in [-0.15, -0.1) is 0 Å². The molecule has 0 radical (unpaired) electrons. The first-order valence-corrected chi connectivity index (χ1v) is 8.38. The number of rotatable bonds is 4. The molecule has 1 rings (SSSR count). The molecular weight excluding hydrogens is 227 g/mol. The van der Waals surface area contributed by atoms with Crippen molar-refractivity contribution in [3.63, 3.8) is 0 Å². The van der Waals surface area contributed by atoms with Crippen molar-refractivity contribution >= 4 is 7.26 Å². The molecule has 0 amide bonds. The van der Waals surface area contributed by atoms with Gasteiger partial charge in [-0.25, -0.2) is 0 Å². The van der Waals surface area contributed by atoms with Crippen LogP contribution in [0.3, 0.4) is 0 Å². The lowest BCUT2D eigenvalue weighted by Crippen LogP contribution is -3.00. The molecule has 1 aliphatic rings. The molecule has 90 valence electrons. The second kappa shape index (κ2) is 7.52. The summed E-state index contributed by atoms with van der Waals surface area (Å²) < 4.78 is 5.73. The van der Waals surface area contributed by atoms with Crippen LogP contribution in [0.15, 0.2) is 11.6 Å². The summed E-state index contributed by atoms with van der Waals surface area (Å²) in [6.45, 7) is 7.95. The van der Waals surface area contributed by atoms with Crippen LogP contribution in [0.25, 0.3) is 0 Å². The molecule has 1 aliphatic heterocycles. The third-order valence-corrected chi connectivity index (χ3v) is 8.03. The van der Waals surface area contributed by atoms with Gasteiger partial charge in [-0.3, -0.25) is 0 Å². The van der Waals surface area contributed by atoms with Gasteiger partial charge in [-0.1, -0.05) is 0 Å². The van der Waals surface area contributed by atoms with Gasteiger partial charge in [0, 0.05) is 13.7 Å². The van der Waals surface area contributed by atoms with Crippen LogP contribution in [0, 0.1) is 0 Å². The van der Waals surface area contributed by atoms with Crippen molar-refractivity contribution in [3.05, 3.63) is 11.6 Å². The minimum absolute atomic E-state index is 0. The molecule has 0 bridgehead atoms. The molecule has 15 heavy (non-hydrogen) atoms. The molecule has 1 heterocycles. The van der Waals surface area contributed by atoms with Gasteiger partial charge >= 0.3 is 0 Å². The molecule has 0 spiro atoms. The maximum Gasteiger partial charge on any atom is 0.130 e. The Bertz CT molecular complexity index is 184. The fraction of sp³-hybridized carbons (Fsp3) is 0.833. The molecule has 1 fully saturated rings. The van der Waals surface area contributed by atoms with Gasteiger partial charge in [0.15, 0.2) is 0 Å². The molecule has 0 atom stereocenters. The van der Waals surface area contributed by atoms with Gasteiger partial charge in [-0.2, -0.15) is 0 Å². The molecular formula is C12H24ClOP. The van der Waals surface area contributed by atoms with E-state index < -0.39 is 7.26 Å². The monoisotopic (exact) mass is 250 g/mol. The van der Waals surface area contributed by atoms with Gasteiger partial charge in [0.25, 0.3) is 0 Å². The maximum absolute atomic E-state index is 5.73. The highest BCUT2D eigenvalue weighted by molar-refractivity contribution is 7.78. The van der Waals surface area contributed by atoms with Crippen molar-refractivity contribution in [2.45, 2.75) is 40.0 Å². The van der Waals surface area contributed by atoms with Crippen molar-refractivity contribution in [2.24, 2.45) is 0 Å². The lowest BCUT2D eigenvalue weighted by molar-refractivity contribution is -0.00000412. The van der Waals surface area contributed by atoms with Crippen LogP contribution in [0.2, 0.25) is 0 Å². The fourth-order valence-electron chi connectivity index (χ4n) is 2.03. The zero-order valence-corrected chi connectivity index (χ0v) is 11.9. The first-order valence-electron chi connectivity index (χ1n) is 5.96. The minimum Gasteiger partial charge on any atom is -1.00 e. The van der Waals surface area contributed by atoms with Crippen LogP contribution in [-0.4, -0.2) is 25.1 Å². The SMILES string of the molecule is CC[P+](/C=C1/CCCCO1)(CC)CC.[Cl-]. The Morgan fingerprint density at radius 2 is 1.73 bits per heavy atom. The Morgan fingerprint density at radius 1 is 1.13 bits per heavy atom. The third-order valence-electron chi connectivity index (χ3n) is 3.41. The first-order chi connectivity index (χ1) is 6.76. The van der Waals surface area contributed by atoms with Crippen LogP contribution in [0.4, 0.5) is 0 Å². The third kappa shape index (κ3) is 4.33. The van der Waals surface area contributed by atoms with E-state index >= 15 is 0 Å². The summed E-state index contributed by atoms with van der Waals surface area (Å²) in [6.07, 6.45) is 7.77. The average Bonchev–Trinajstić information content (AvgIpc) is 2.28. The summed E-state index contributed by atoms with van der Waals surface area (Å²) in [5, 5.41) is 0. The van der Waals surface area contributed by atoms with Gasteiger partial charge in [0.05, 0.1) is 30.9 Å². The predicted octanol–water partition coefficient (Wildman–Crippen LogP) is 1.11. The van der Waals surface area contributed by atoms with Crippen molar-refractivity contribution in [2.75, 3.05) is 25.1 Å². The van der Waals surface area contributed by atoms with Gasteiger partial charge in [0.1, 0.15) is 5.76 Å². The summed E-state index contributed by atoms with van der Waals surface area (Å²) in [7, 11) is -0.794. The topological polar surface area (TPSA) is 9.23 Å². The maximum atomic E-state index is 5.73. The molecule has 3 heteroatoms. The molecule has 0 unspecified atom stereocenters. The van der Waals surface area contributed by atoms with Crippen LogP contribution in [0.5, 0.6) is 0 Å². The van der Waals surface area contributed by atoms with Crippen LogP contribution >= 0.6 is 7.26 Å². The Hall–Kier alpha value is 0.260. The van der Waals surface area contributed by atoms with E-state index in [4.69, 9.17) is 4.74 Å². The number of hydrogen-bond donors (Lipinski definition) is 0. The fourth-order valence-corrected chi connectivity index (χ4v) is 4.73. The highest BCUT2D eigenvalue weighted by Crippen LogP contribution is 2.60. The van der Waals surface area contributed by atoms with E-state index in [0.717, 1.165) is 6.61 Å². The number of ether oxygens (including phenoxy) is 1. The minimum atomic E-state index is -0.794. The summed E-state index contributed by atoms with van der Waals surface area (Å²) in [5.74, 6) is 3.82. The summed E-state index contributed by atoms with van der Waals surface area (Å²) in [4.78, 5) is 0. The highest BCUT2D eigenvalue weighted by atomic mass is 35.5. The van der Waals surface area contributed by atoms with Crippen LogP contribution < -0.4 is 12.4 Å². The van der Waals surface area contributed by atoms with Crippen molar-refractivity contribution in [3.8, 4) is 0 Å². The molecule has 0 aromatic heterocycles. The van der Waals surface area contributed by atoms with E-state index in [9.17, 15) is 0 Å². The molecule has 0 saturated carbocycles. The van der Waals surface area contributed by atoms with Gasteiger partial charge in [-0.05, 0) is 33.6 Å². The summed E-state index contributed by atoms with van der Waals surface area (Å²) >= 11 is 0.